The average molecular weight is 391 g/mol. The molecule has 146 valence electrons. The summed E-state index contributed by atoms with van der Waals surface area (Å²) in [5, 5.41) is 15.1. The number of nitrogens with zero attached hydrogens (tertiary/aromatic N) is 4. The maximum Gasteiger partial charge on any atom is 0.223 e. The van der Waals surface area contributed by atoms with E-state index in [1.807, 2.05) is 37.3 Å². The summed E-state index contributed by atoms with van der Waals surface area (Å²) in [6.07, 6.45) is 5.37. The van der Waals surface area contributed by atoms with Crippen LogP contribution in [0.3, 0.4) is 0 Å². The van der Waals surface area contributed by atoms with Gasteiger partial charge < -0.3 is 11.1 Å². The number of tetrazole rings is 1. The predicted octanol–water partition coefficient (Wildman–Crippen LogP) is 2.41. The first-order valence-electron chi connectivity index (χ1n) is 9.53. The summed E-state index contributed by atoms with van der Waals surface area (Å²) in [7, 11) is 0. The number of amides is 1. The van der Waals surface area contributed by atoms with Gasteiger partial charge in [0.1, 0.15) is 0 Å². The molecule has 0 radical (unpaired) electrons. The van der Waals surface area contributed by atoms with Gasteiger partial charge in [0.05, 0.1) is 11.7 Å². The highest BCUT2D eigenvalue weighted by Gasteiger charge is 2.40. The number of nitrogens with two attached hydrogens (primary N) is 1. The van der Waals surface area contributed by atoms with Gasteiger partial charge in [-0.25, -0.2) is 0 Å². The van der Waals surface area contributed by atoms with Gasteiger partial charge in [0, 0.05) is 12.0 Å². The molecule has 2 bridgehead atoms. The van der Waals surface area contributed by atoms with Crippen molar-refractivity contribution >= 4 is 18.3 Å². The van der Waals surface area contributed by atoms with E-state index in [9.17, 15) is 4.79 Å². The molecule has 3 atom stereocenters. The number of carbonyl (C=O) groups is 1. The molecule has 2 aromatic rings. The molecule has 0 aliphatic heterocycles. The highest BCUT2D eigenvalue weighted by molar-refractivity contribution is 5.85. The highest BCUT2D eigenvalue weighted by Crippen LogP contribution is 2.42. The quantitative estimate of drug-likeness (QED) is 0.835. The second-order valence-corrected chi connectivity index (χ2v) is 7.71. The lowest BCUT2D eigenvalue weighted by Gasteiger charge is -2.43. The smallest absolute Gasteiger partial charge is 0.223 e. The van der Waals surface area contributed by atoms with Gasteiger partial charge in [-0.3, -0.25) is 4.79 Å². The summed E-state index contributed by atoms with van der Waals surface area (Å²) >= 11 is 0. The SMILES string of the molecule is CC(NC(=O)C1CC2CCCC(C1)C2N)c1nnnn1-c1ccccc1.Cl. The molecular formula is C19H27ClN6O. The zero-order valence-electron chi connectivity index (χ0n) is 15.5. The number of para-hydroxylation sites is 1. The molecule has 0 spiro atoms. The van der Waals surface area contributed by atoms with Gasteiger partial charge in [0.15, 0.2) is 5.82 Å². The fourth-order valence-electron chi connectivity index (χ4n) is 4.62. The normalized spacial score (nSPS) is 28.1. The second-order valence-electron chi connectivity index (χ2n) is 7.71. The van der Waals surface area contributed by atoms with Crippen LogP contribution in [0, 0.1) is 17.8 Å². The zero-order chi connectivity index (χ0) is 18.1. The Labute approximate surface area is 165 Å². The van der Waals surface area contributed by atoms with Gasteiger partial charge in [0.25, 0.3) is 0 Å². The predicted molar refractivity (Wildman–Crippen MR) is 104 cm³/mol. The summed E-state index contributed by atoms with van der Waals surface area (Å²) in [4.78, 5) is 12.9. The third-order valence-corrected chi connectivity index (χ3v) is 6.02. The van der Waals surface area contributed by atoms with Crippen molar-refractivity contribution in [1.29, 1.82) is 0 Å². The Bertz CT molecular complexity index is 753. The molecule has 0 saturated heterocycles. The van der Waals surface area contributed by atoms with E-state index in [2.05, 4.69) is 20.8 Å². The van der Waals surface area contributed by atoms with Crippen LogP contribution in [-0.4, -0.2) is 32.2 Å². The van der Waals surface area contributed by atoms with Gasteiger partial charge in [-0.2, -0.15) is 4.68 Å². The number of rotatable bonds is 4. The van der Waals surface area contributed by atoms with E-state index < -0.39 is 0 Å². The lowest BCUT2D eigenvalue weighted by molar-refractivity contribution is -0.128. The minimum Gasteiger partial charge on any atom is -0.346 e. The minimum atomic E-state index is -0.256. The van der Waals surface area contributed by atoms with Crippen LogP contribution < -0.4 is 11.1 Å². The van der Waals surface area contributed by atoms with E-state index in [-0.39, 0.29) is 36.3 Å². The molecule has 1 heterocycles. The summed E-state index contributed by atoms with van der Waals surface area (Å²) in [6, 6.07) is 9.73. The van der Waals surface area contributed by atoms with Crippen molar-refractivity contribution in [3.05, 3.63) is 36.2 Å². The van der Waals surface area contributed by atoms with Crippen molar-refractivity contribution < 1.29 is 4.79 Å². The zero-order valence-corrected chi connectivity index (χ0v) is 16.3. The van der Waals surface area contributed by atoms with Crippen LogP contribution in [-0.2, 0) is 4.79 Å². The monoisotopic (exact) mass is 390 g/mol. The minimum absolute atomic E-state index is 0. The second kappa shape index (κ2) is 8.35. The fourth-order valence-corrected chi connectivity index (χ4v) is 4.62. The number of aromatic nitrogens is 4. The number of halogens is 1. The van der Waals surface area contributed by atoms with E-state index in [1.165, 1.54) is 6.42 Å². The third-order valence-electron chi connectivity index (χ3n) is 6.02. The van der Waals surface area contributed by atoms with E-state index in [0.29, 0.717) is 17.7 Å². The summed E-state index contributed by atoms with van der Waals surface area (Å²) in [5.41, 5.74) is 7.23. The van der Waals surface area contributed by atoms with Crippen LogP contribution in [0.2, 0.25) is 0 Å². The molecule has 7 nitrogen and oxygen atoms in total. The van der Waals surface area contributed by atoms with E-state index >= 15 is 0 Å². The molecule has 8 heteroatoms. The van der Waals surface area contributed by atoms with Gasteiger partial charge in [0.2, 0.25) is 5.91 Å². The molecule has 27 heavy (non-hydrogen) atoms. The van der Waals surface area contributed by atoms with Crippen LogP contribution in [0.25, 0.3) is 5.69 Å². The molecule has 1 amide bonds. The number of hydrogen-bond acceptors (Lipinski definition) is 5. The van der Waals surface area contributed by atoms with Crippen molar-refractivity contribution in [1.82, 2.24) is 25.5 Å². The molecular weight excluding hydrogens is 364 g/mol. The van der Waals surface area contributed by atoms with Gasteiger partial charge in [-0.1, -0.05) is 24.6 Å². The molecule has 2 aliphatic carbocycles. The molecule has 2 fully saturated rings. The number of carbonyl (C=O) groups excluding carboxylic acids is 1. The number of nitrogens with one attached hydrogen (secondary N) is 1. The molecule has 3 N–H and O–H groups in total. The first-order chi connectivity index (χ1) is 12.6. The van der Waals surface area contributed by atoms with Gasteiger partial charge in [-0.15, -0.1) is 17.5 Å². The standard InChI is InChI=1S/C19H26N6O.ClH/c1-12(18-22-23-24-25(18)16-8-3-2-4-9-16)21-19(26)15-10-13-6-5-7-14(11-15)17(13)20;/h2-4,8-9,12-15,17H,5-7,10-11,20H2,1H3,(H,21,26);1H. The Hall–Kier alpha value is -1.99. The lowest BCUT2D eigenvalue weighted by Crippen LogP contribution is -2.49. The fraction of sp³-hybridized carbons (Fsp3) is 0.579. The maximum absolute atomic E-state index is 12.9. The molecule has 1 aromatic carbocycles. The van der Waals surface area contributed by atoms with Crippen LogP contribution in [0.5, 0.6) is 0 Å². The van der Waals surface area contributed by atoms with Crippen molar-refractivity contribution in [3.63, 3.8) is 0 Å². The van der Waals surface area contributed by atoms with E-state index in [1.54, 1.807) is 4.68 Å². The molecule has 4 rings (SSSR count). The highest BCUT2D eigenvalue weighted by atomic mass is 35.5. The summed E-state index contributed by atoms with van der Waals surface area (Å²) in [5.74, 6) is 1.76. The Kier molecular flexibility index (Phi) is 6.11. The van der Waals surface area contributed by atoms with E-state index in [4.69, 9.17) is 5.73 Å². The van der Waals surface area contributed by atoms with Crippen LogP contribution in [0.4, 0.5) is 0 Å². The van der Waals surface area contributed by atoms with Crippen molar-refractivity contribution in [2.75, 3.05) is 0 Å². The first kappa shape index (κ1) is 19.8. The van der Waals surface area contributed by atoms with Crippen molar-refractivity contribution in [2.45, 2.75) is 51.1 Å². The maximum atomic E-state index is 12.9. The Morgan fingerprint density at radius 2 is 1.89 bits per heavy atom. The Morgan fingerprint density at radius 1 is 1.22 bits per heavy atom. The topological polar surface area (TPSA) is 98.7 Å². The Balaban J connectivity index is 0.00000210. The Morgan fingerprint density at radius 3 is 2.56 bits per heavy atom. The summed E-state index contributed by atoms with van der Waals surface area (Å²) in [6.45, 7) is 1.93. The first-order valence-corrected chi connectivity index (χ1v) is 9.53. The van der Waals surface area contributed by atoms with Crippen LogP contribution in [0.1, 0.15) is 50.9 Å². The third kappa shape index (κ3) is 3.99. The average Bonchev–Trinajstić information content (AvgIpc) is 3.12. The van der Waals surface area contributed by atoms with Gasteiger partial charge >= 0.3 is 0 Å². The van der Waals surface area contributed by atoms with E-state index in [0.717, 1.165) is 31.4 Å². The molecule has 2 aliphatic rings. The lowest BCUT2D eigenvalue weighted by atomic mass is 9.65. The number of hydrogen-bond donors (Lipinski definition) is 2. The number of benzene rings is 1. The molecule has 2 saturated carbocycles. The van der Waals surface area contributed by atoms with Crippen molar-refractivity contribution in [3.8, 4) is 5.69 Å². The van der Waals surface area contributed by atoms with Crippen molar-refractivity contribution in [2.24, 2.45) is 23.5 Å². The van der Waals surface area contributed by atoms with Crippen LogP contribution in [0.15, 0.2) is 30.3 Å². The molecule has 1 aromatic heterocycles. The summed E-state index contributed by atoms with van der Waals surface area (Å²) < 4.78 is 1.68. The van der Waals surface area contributed by atoms with Crippen LogP contribution >= 0.6 is 12.4 Å². The number of fused-ring (bicyclic) bond motifs is 2. The molecule has 3 unspecified atom stereocenters. The van der Waals surface area contributed by atoms with Gasteiger partial charge in [-0.05, 0) is 67.0 Å². The largest absolute Gasteiger partial charge is 0.346 e.